The second-order valence-electron chi connectivity index (χ2n) is 5.95. The maximum absolute atomic E-state index is 12.3. The van der Waals surface area contributed by atoms with Crippen molar-refractivity contribution in [1.82, 2.24) is 5.43 Å². The van der Waals surface area contributed by atoms with Crippen LogP contribution in [0.2, 0.25) is 0 Å². The molecule has 1 amide bonds. The largest absolute Gasteiger partial charge is 0.271 e. The Morgan fingerprint density at radius 1 is 0.760 bits per heavy atom. The molecule has 0 heterocycles. The number of aryl methyl sites for hydroxylation is 1. The third kappa shape index (κ3) is 4.21. The second-order valence-corrected chi connectivity index (χ2v) is 5.95. The first-order valence-electron chi connectivity index (χ1n) is 8.20. The lowest BCUT2D eigenvalue weighted by Gasteiger charge is -2.05. The van der Waals surface area contributed by atoms with E-state index >= 15 is 0 Å². The molecule has 3 nitrogen and oxygen atoms in total. The van der Waals surface area contributed by atoms with E-state index in [0.717, 1.165) is 22.4 Å². The summed E-state index contributed by atoms with van der Waals surface area (Å²) in [7, 11) is 0. The summed E-state index contributed by atoms with van der Waals surface area (Å²) in [5.41, 5.74) is 8.37. The summed E-state index contributed by atoms with van der Waals surface area (Å²) in [4.78, 5) is 12.3. The van der Waals surface area contributed by atoms with Crippen LogP contribution >= 0.6 is 0 Å². The smallest absolute Gasteiger partial charge is 0.267 e. The van der Waals surface area contributed by atoms with Gasteiger partial charge in [0.05, 0.1) is 5.71 Å². The van der Waals surface area contributed by atoms with E-state index in [-0.39, 0.29) is 5.91 Å². The highest BCUT2D eigenvalue weighted by Crippen LogP contribution is 2.19. The number of hydrazone groups is 1. The average molecular weight is 328 g/mol. The average Bonchev–Trinajstić information content (AvgIpc) is 2.67. The van der Waals surface area contributed by atoms with Crippen molar-refractivity contribution >= 4 is 11.6 Å². The first-order chi connectivity index (χ1) is 12.1. The zero-order valence-corrected chi connectivity index (χ0v) is 14.4. The molecule has 3 aromatic carbocycles. The van der Waals surface area contributed by atoms with Crippen molar-refractivity contribution in [3.63, 3.8) is 0 Å². The number of amides is 1. The molecular weight excluding hydrogens is 308 g/mol. The van der Waals surface area contributed by atoms with Gasteiger partial charge in [-0.1, -0.05) is 72.3 Å². The molecule has 0 aliphatic carbocycles. The van der Waals surface area contributed by atoms with Crippen molar-refractivity contribution < 1.29 is 4.79 Å². The quantitative estimate of drug-likeness (QED) is 0.541. The van der Waals surface area contributed by atoms with Gasteiger partial charge in [0, 0.05) is 5.56 Å². The molecule has 0 saturated carbocycles. The molecule has 0 unspecified atom stereocenters. The summed E-state index contributed by atoms with van der Waals surface area (Å²) < 4.78 is 0. The van der Waals surface area contributed by atoms with Gasteiger partial charge in [-0.2, -0.15) is 5.10 Å². The summed E-state index contributed by atoms with van der Waals surface area (Å²) in [5.74, 6) is -0.217. The van der Waals surface area contributed by atoms with Crippen LogP contribution in [-0.4, -0.2) is 11.6 Å². The van der Waals surface area contributed by atoms with Gasteiger partial charge in [-0.05, 0) is 42.7 Å². The van der Waals surface area contributed by atoms with Crippen LogP contribution in [0.25, 0.3) is 11.1 Å². The fraction of sp³-hybridized carbons (Fsp3) is 0.0909. The van der Waals surface area contributed by atoms with Gasteiger partial charge in [-0.15, -0.1) is 0 Å². The number of hydrogen-bond acceptors (Lipinski definition) is 2. The topological polar surface area (TPSA) is 41.5 Å². The van der Waals surface area contributed by atoms with E-state index in [1.807, 2.05) is 92.7 Å². The number of hydrogen-bond donors (Lipinski definition) is 1. The molecule has 25 heavy (non-hydrogen) atoms. The first-order valence-corrected chi connectivity index (χ1v) is 8.20. The summed E-state index contributed by atoms with van der Waals surface area (Å²) in [5, 5.41) is 4.20. The Morgan fingerprint density at radius 2 is 1.32 bits per heavy atom. The number of carbonyl (C=O) groups excluding carboxylic acids is 1. The van der Waals surface area contributed by atoms with Crippen molar-refractivity contribution in [3.05, 3.63) is 95.6 Å². The van der Waals surface area contributed by atoms with Crippen LogP contribution in [-0.2, 0) is 0 Å². The number of nitrogens with one attached hydrogen (secondary N) is 1. The van der Waals surface area contributed by atoms with Crippen molar-refractivity contribution in [2.24, 2.45) is 5.10 Å². The first kappa shape index (κ1) is 16.7. The molecule has 0 atom stereocenters. The number of carbonyl (C=O) groups is 1. The van der Waals surface area contributed by atoms with Gasteiger partial charge in [0.2, 0.25) is 0 Å². The van der Waals surface area contributed by atoms with Gasteiger partial charge in [-0.3, -0.25) is 4.79 Å². The van der Waals surface area contributed by atoms with Crippen molar-refractivity contribution in [2.45, 2.75) is 13.8 Å². The van der Waals surface area contributed by atoms with E-state index in [2.05, 4.69) is 10.5 Å². The van der Waals surface area contributed by atoms with Crippen molar-refractivity contribution in [1.29, 1.82) is 0 Å². The Kier molecular flexibility index (Phi) is 5.05. The molecule has 1 N–H and O–H groups in total. The van der Waals surface area contributed by atoms with Gasteiger partial charge in [0.25, 0.3) is 5.91 Å². The standard InChI is InChI=1S/C22H20N2O/c1-16-8-10-18(11-9-16)17(2)23-24-22(25)21-14-12-20(13-15-21)19-6-4-3-5-7-19/h3-15H,1-2H3,(H,24,25). The van der Waals surface area contributed by atoms with E-state index in [0.29, 0.717) is 5.56 Å². The maximum Gasteiger partial charge on any atom is 0.271 e. The molecule has 0 fully saturated rings. The third-order valence-electron chi connectivity index (χ3n) is 4.05. The maximum atomic E-state index is 12.3. The van der Waals surface area contributed by atoms with Crippen molar-refractivity contribution in [3.8, 4) is 11.1 Å². The van der Waals surface area contributed by atoms with Crippen LogP contribution in [0.3, 0.4) is 0 Å². The predicted octanol–water partition coefficient (Wildman–Crippen LogP) is 4.82. The Bertz CT molecular complexity index is 880. The molecule has 0 aliphatic heterocycles. The van der Waals surface area contributed by atoms with Gasteiger partial charge >= 0.3 is 0 Å². The van der Waals surface area contributed by atoms with E-state index in [1.54, 1.807) is 0 Å². The highest BCUT2D eigenvalue weighted by atomic mass is 16.2. The Hall–Kier alpha value is -3.20. The summed E-state index contributed by atoms with van der Waals surface area (Å²) in [6.07, 6.45) is 0. The lowest BCUT2D eigenvalue weighted by Crippen LogP contribution is -2.19. The van der Waals surface area contributed by atoms with Crippen LogP contribution in [0.4, 0.5) is 0 Å². The Morgan fingerprint density at radius 3 is 1.96 bits per heavy atom. The molecule has 0 spiro atoms. The molecule has 0 aromatic heterocycles. The summed E-state index contributed by atoms with van der Waals surface area (Å²) in [6.45, 7) is 3.92. The fourth-order valence-corrected chi connectivity index (χ4v) is 2.50. The molecule has 0 saturated heterocycles. The summed E-state index contributed by atoms with van der Waals surface area (Å²) in [6, 6.07) is 25.6. The molecule has 3 rings (SSSR count). The van der Waals surface area contributed by atoms with E-state index in [9.17, 15) is 4.79 Å². The van der Waals surface area contributed by atoms with E-state index in [1.165, 1.54) is 5.56 Å². The minimum absolute atomic E-state index is 0.217. The molecular formula is C22H20N2O. The van der Waals surface area contributed by atoms with Crippen LogP contribution in [0.5, 0.6) is 0 Å². The highest BCUT2D eigenvalue weighted by Gasteiger charge is 2.06. The zero-order valence-electron chi connectivity index (χ0n) is 14.4. The minimum atomic E-state index is -0.217. The Balaban J connectivity index is 1.69. The molecule has 3 aromatic rings. The SMILES string of the molecule is CC(=NNC(=O)c1ccc(-c2ccccc2)cc1)c1ccc(C)cc1. The molecule has 124 valence electrons. The molecule has 3 heteroatoms. The lowest BCUT2D eigenvalue weighted by molar-refractivity contribution is 0.0955. The molecule has 0 aliphatic rings. The number of rotatable bonds is 4. The normalized spacial score (nSPS) is 11.2. The molecule has 0 radical (unpaired) electrons. The monoisotopic (exact) mass is 328 g/mol. The Labute approximate surface area is 148 Å². The van der Waals surface area contributed by atoms with Gasteiger partial charge in [-0.25, -0.2) is 5.43 Å². The minimum Gasteiger partial charge on any atom is -0.267 e. The lowest BCUT2D eigenvalue weighted by atomic mass is 10.0. The van der Waals surface area contributed by atoms with E-state index in [4.69, 9.17) is 0 Å². The van der Waals surface area contributed by atoms with Crippen LogP contribution < -0.4 is 5.43 Å². The van der Waals surface area contributed by atoms with Crippen LogP contribution in [0.1, 0.15) is 28.4 Å². The predicted molar refractivity (Wildman–Crippen MR) is 103 cm³/mol. The zero-order chi connectivity index (χ0) is 17.6. The third-order valence-corrected chi connectivity index (χ3v) is 4.05. The number of benzene rings is 3. The van der Waals surface area contributed by atoms with Crippen LogP contribution in [0.15, 0.2) is 84.0 Å². The van der Waals surface area contributed by atoms with E-state index < -0.39 is 0 Å². The van der Waals surface area contributed by atoms with Gasteiger partial charge in [0.1, 0.15) is 0 Å². The van der Waals surface area contributed by atoms with Crippen LogP contribution in [0, 0.1) is 6.92 Å². The van der Waals surface area contributed by atoms with Gasteiger partial charge < -0.3 is 0 Å². The highest BCUT2D eigenvalue weighted by molar-refractivity contribution is 6.01. The second kappa shape index (κ2) is 7.58. The number of nitrogens with zero attached hydrogens (tertiary/aromatic N) is 1. The molecule has 0 bridgehead atoms. The summed E-state index contributed by atoms with van der Waals surface area (Å²) >= 11 is 0. The fourth-order valence-electron chi connectivity index (χ4n) is 2.50. The van der Waals surface area contributed by atoms with Gasteiger partial charge in [0.15, 0.2) is 0 Å². The van der Waals surface area contributed by atoms with Crippen molar-refractivity contribution in [2.75, 3.05) is 0 Å².